The van der Waals surface area contributed by atoms with Gasteiger partial charge in [0.05, 0.1) is 6.61 Å². The first-order chi connectivity index (χ1) is 14.5. The van der Waals surface area contributed by atoms with Crippen LogP contribution in [0.15, 0.2) is 60.0 Å². The minimum Gasteiger partial charge on any atom is -0.491 e. The number of benzene rings is 2. The van der Waals surface area contributed by atoms with Gasteiger partial charge in [-0.1, -0.05) is 42.5 Å². The SMILES string of the molecule is O=C(CCCOc1ccccc1F)N1CCN(S(=O)(=O)C=Cc2ccccc2)CC1. The first-order valence-corrected chi connectivity index (χ1v) is 11.3. The van der Waals surface area contributed by atoms with Gasteiger partial charge in [0.15, 0.2) is 11.6 Å². The molecule has 2 aromatic rings. The Morgan fingerprint density at radius 3 is 2.37 bits per heavy atom. The summed E-state index contributed by atoms with van der Waals surface area (Å²) in [6.45, 7) is 1.47. The van der Waals surface area contributed by atoms with E-state index in [1.807, 2.05) is 30.3 Å². The Bertz CT molecular complexity index is 972. The molecule has 0 radical (unpaired) electrons. The maximum atomic E-state index is 13.5. The van der Waals surface area contributed by atoms with E-state index >= 15 is 0 Å². The van der Waals surface area contributed by atoms with Crippen LogP contribution in [0.2, 0.25) is 0 Å². The third-order valence-electron chi connectivity index (χ3n) is 4.81. The zero-order valence-corrected chi connectivity index (χ0v) is 17.4. The fourth-order valence-electron chi connectivity index (χ4n) is 3.13. The third-order valence-corrected chi connectivity index (χ3v) is 6.38. The zero-order valence-electron chi connectivity index (χ0n) is 16.6. The maximum Gasteiger partial charge on any atom is 0.236 e. The van der Waals surface area contributed by atoms with Crippen molar-refractivity contribution in [1.82, 2.24) is 9.21 Å². The van der Waals surface area contributed by atoms with E-state index < -0.39 is 15.8 Å². The number of rotatable bonds is 8. The van der Waals surface area contributed by atoms with Crippen LogP contribution in [0.1, 0.15) is 18.4 Å². The minimum atomic E-state index is -3.53. The van der Waals surface area contributed by atoms with Gasteiger partial charge in [-0.15, -0.1) is 0 Å². The number of nitrogens with zero attached hydrogens (tertiary/aromatic N) is 2. The second-order valence-corrected chi connectivity index (χ2v) is 8.74. The molecule has 0 N–H and O–H groups in total. The van der Waals surface area contributed by atoms with Crippen molar-refractivity contribution >= 4 is 22.0 Å². The number of carbonyl (C=O) groups excluding carboxylic acids is 1. The third kappa shape index (κ3) is 6.14. The molecule has 3 rings (SSSR count). The summed E-state index contributed by atoms with van der Waals surface area (Å²) in [6, 6.07) is 15.4. The maximum absolute atomic E-state index is 13.5. The van der Waals surface area contributed by atoms with Crippen molar-refractivity contribution in [3.63, 3.8) is 0 Å². The van der Waals surface area contributed by atoms with Crippen molar-refractivity contribution in [3.8, 4) is 5.75 Å². The Labute approximate surface area is 176 Å². The largest absolute Gasteiger partial charge is 0.491 e. The molecule has 0 saturated carbocycles. The Morgan fingerprint density at radius 1 is 1.00 bits per heavy atom. The van der Waals surface area contributed by atoms with Gasteiger partial charge in [-0.2, -0.15) is 4.31 Å². The van der Waals surface area contributed by atoms with Gasteiger partial charge in [0.1, 0.15) is 0 Å². The molecule has 0 atom stereocenters. The molecule has 0 aromatic heterocycles. The van der Waals surface area contributed by atoms with E-state index in [4.69, 9.17) is 4.74 Å². The number of amides is 1. The van der Waals surface area contributed by atoms with E-state index in [-0.39, 0.29) is 37.8 Å². The Kier molecular flexibility index (Phi) is 7.59. The fourth-order valence-corrected chi connectivity index (χ4v) is 4.31. The lowest BCUT2D eigenvalue weighted by Gasteiger charge is -2.33. The van der Waals surface area contributed by atoms with Crippen LogP contribution in [0.4, 0.5) is 4.39 Å². The quantitative estimate of drug-likeness (QED) is 0.601. The molecule has 1 aliphatic rings. The second kappa shape index (κ2) is 10.4. The van der Waals surface area contributed by atoms with Crippen LogP contribution in [0.25, 0.3) is 6.08 Å². The zero-order chi connectivity index (χ0) is 21.4. The predicted octanol–water partition coefficient (Wildman–Crippen LogP) is 3.13. The second-order valence-electron chi connectivity index (χ2n) is 6.92. The van der Waals surface area contributed by atoms with Crippen molar-refractivity contribution in [2.45, 2.75) is 12.8 Å². The average molecular weight is 433 g/mol. The van der Waals surface area contributed by atoms with Gasteiger partial charge in [-0.3, -0.25) is 4.79 Å². The Hall–Kier alpha value is -2.71. The van der Waals surface area contributed by atoms with Crippen molar-refractivity contribution < 1.29 is 22.3 Å². The molecule has 1 saturated heterocycles. The molecule has 160 valence electrons. The van der Waals surface area contributed by atoms with E-state index in [1.54, 1.807) is 29.2 Å². The summed E-state index contributed by atoms with van der Waals surface area (Å²) in [5, 5.41) is 1.21. The molecule has 1 aliphatic heterocycles. The summed E-state index contributed by atoms with van der Waals surface area (Å²) in [5.41, 5.74) is 0.812. The van der Waals surface area contributed by atoms with Crippen LogP contribution in [0.3, 0.4) is 0 Å². The standard InChI is InChI=1S/C22H25FN2O4S/c23-20-9-4-5-10-21(20)29-17-6-11-22(26)24-13-15-25(16-14-24)30(27,28)18-12-19-7-2-1-3-8-19/h1-5,7-10,12,18H,6,11,13-17H2. The van der Waals surface area contributed by atoms with Crippen LogP contribution in [-0.2, 0) is 14.8 Å². The summed E-state index contributed by atoms with van der Waals surface area (Å²) in [7, 11) is -3.53. The van der Waals surface area contributed by atoms with Crippen molar-refractivity contribution in [2.24, 2.45) is 0 Å². The van der Waals surface area contributed by atoms with Gasteiger partial charge >= 0.3 is 0 Å². The van der Waals surface area contributed by atoms with Crippen molar-refractivity contribution in [2.75, 3.05) is 32.8 Å². The molecule has 6 nitrogen and oxygen atoms in total. The number of carbonyl (C=O) groups is 1. The molecule has 1 heterocycles. The Morgan fingerprint density at radius 2 is 1.67 bits per heavy atom. The van der Waals surface area contributed by atoms with Gasteiger partial charge in [0.2, 0.25) is 15.9 Å². The predicted molar refractivity (Wildman–Crippen MR) is 114 cm³/mol. The molecule has 0 bridgehead atoms. The monoisotopic (exact) mass is 432 g/mol. The molecule has 0 unspecified atom stereocenters. The molecule has 8 heteroatoms. The minimum absolute atomic E-state index is 0.0518. The fraction of sp³-hybridized carbons (Fsp3) is 0.318. The summed E-state index contributed by atoms with van der Waals surface area (Å²) < 4.78 is 45.2. The molecular formula is C22H25FN2O4S. The number of ether oxygens (including phenoxy) is 1. The first-order valence-electron chi connectivity index (χ1n) is 9.84. The number of piperazine rings is 1. The van der Waals surface area contributed by atoms with E-state index in [9.17, 15) is 17.6 Å². The molecule has 0 aliphatic carbocycles. The van der Waals surface area contributed by atoms with Crippen LogP contribution in [0.5, 0.6) is 5.75 Å². The molecular weight excluding hydrogens is 407 g/mol. The highest BCUT2D eigenvalue weighted by Crippen LogP contribution is 2.16. The van der Waals surface area contributed by atoms with Crippen LogP contribution in [0, 0.1) is 5.82 Å². The number of halogens is 1. The van der Waals surface area contributed by atoms with Crippen molar-refractivity contribution in [1.29, 1.82) is 0 Å². The topological polar surface area (TPSA) is 66.9 Å². The van der Waals surface area contributed by atoms with Crippen molar-refractivity contribution in [3.05, 3.63) is 71.4 Å². The molecule has 0 spiro atoms. The summed E-state index contributed by atoms with van der Waals surface area (Å²) in [6.07, 6.45) is 2.31. The molecule has 1 amide bonds. The van der Waals surface area contributed by atoms with Crippen LogP contribution >= 0.6 is 0 Å². The van der Waals surface area contributed by atoms with E-state index in [2.05, 4.69) is 0 Å². The Balaban J connectivity index is 1.41. The number of hydrogen-bond donors (Lipinski definition) is 0. The number of hydrogen-bond acceptors (Lipinski definition) is 4. The normalized spacial score (nSPS) is 15.4. The van der Waals surface area contributed by atoms with Gasteiger partial charge in [0.25, 0.3) is 0 Å². The molecule has 2 aromatic carbocycles. The highest BCUT2D eigenvalue weighted by molar-refractivity contribution is 7.92. The smallest absolute Gasteiger partial charge is 0.236 e. The van der Waals surface area contributed by atoms with Crippen LogP contribution < -0.4 is 4.74 Å². The van der Waals surface area contributed by atoms with Gasteiger partial charge < -0.3 is 9.64 Å². The summed E-state index contributed by atoms with van der Waals surface area (Å²) in [5.74, 6) is -0.307. The highest BCUT2D eigenvalue weighted by atomic mass is 32.2. The molecule has 30 heavy (non-hydrogen) atoms. The lowest BCUT2D eigenvalue weighted by Crippen LogP contribution is -2.50. The summed E-state index contributed by atoms with van der Waals surface area (Å²) >= 11 is 0. The van der Waals surface area contributed by atoms with E-state index in [0.29, 0.717) is 19.5 Å². The van der Waals surface area contributed by atoms with E-state index in [0.717, 1.165) is 5.56 Å². The van der Waals surface area contributed by atoms with Crippen LogP contribution in [-0.4, -0.2) is 56.3 Å². The number of para-hydroxylation sites is 1. The summed E-state index contributed by atoms with van der Waals surface area (Å²) in [4.78, 5) is 14.0. The van der Waals surface area contributed by atoms with E-state index in [1.165, 1.54) is 15.8 Å². The van der Waals surface area contributed by atoms with Gasteiger partial charge in [-0.05, 0) is 30.2 Å². The molecule has 1 fully saturated rings. The van der Waals surface area contributed by atoms with Gasteiger partial charge in [-0.25, -0.2) is 12.8 Å². The van der Waals surface area contributed by atoms with Gasteiger partial charge in [0, 0.05) is 38.0 Å². The first kappa shape index (κ1) is 22.0. The lowest BCUT2D eigenvalue weighted by atomic mass is 10.2. The number of sulfonamides is 1. The highest BCUT2D eigenvalue weighted by Gasteiger charge is 2.27. The lowest BCUT2D eigenvalue weighted by molar-refractivity contribution is -0.132. The average Bonchev–Trinajstić information content (AvgIpc) is 2.77.